The number of hydrogen-bond acceptors (Lipinski definition) is 6. The first-order valence-electron chi connectivity index (χ1n) is 9.94. The third kappa shape index (κ3) is 4.21. The maximum atomic E-state index is 12.9. The van der Waals surface area contributed by atoms with E-state index >= 15 is 0 Å². The summed E-state index contributed by atoms with van der Waals surface area (Å²) in [5.74, 6) is 1.31. The van der Waals surface area contributed by atoms with Gasteiger partial charge in [-0.2, -0.15) is 14.9 Å². The van der Waals surface area contributed by atoms with Gasteiger partial charge in [-0.05, 0) is 29.8 Å². The van der Waals surface area contributed by atoms with Crippen LogP contribution in [0.2, 0.25) is 10.0 Å². The molecule has 0 saturated heterocycles. The highest BCUT2D eigenvalue weighted by Gasteiger charge is 2.22. The molecule has 174 valence electrons. The monoisotopic (exact) mass is 499 g/mol. The minimum absolute atomic E-state index is 0.0463. The first-order chi connectivity index (χ1) is 16.4. The molecule has 0 aliphatic rings. The molecule has 0 unspecified atom stereocenters. The molecule has 2 aromatic carbocycles. The van der Waals surface area contributed by atoms with Crippen molar-refractivity contribution in [2.45, 2.75) is 6.42 Å². The molecular weight excluding hydrogens is 481 g/mol. The van der Waals surface area contributed by atoms with Crippen LogP contribution in [0.5, 0.6) is 17.2 Å². The summed E-state index contributed by atoms with van der Waals surface area (Å²) in [4.78, 5) is 16.1. The lowest BCUT2D eigenvalue weighted by molar-refractivity contribution is -0.115. The molecule has 0 radical (unpaired) electrons. The van der Waals surface area contributed by atoms with E-state index in [0.29, 0.717) is 61.1 Å². The Bertz CT molecular complexity index is 1410. The second-order valence-corrected chi connectivity index (χ2v) is 7.98. The number of amides is 1. The highest BCUT2D eigenvalue weighted by molar-refractivity contribution is 6.42. The molecule has 9 nitrogen and oxygen atoms in total. The number of benzene rings is 2. The summed E-state index contributed by atoms with van der Waals surface area (Å²) in [6.07, 6.45) is 1.46. The minimum Gasteiger partial charge on any atom is -0.493 e. The van der Waals surface area contributed by atoms with E-state index in [-0.39, 0.29) is 12.3 Å². The van der Waals surface area contributed by atoms with Gasteiger partial charge in [-0.3, -0.25) is 4.79 Å². The van der Waals surface area contributed by atoms with Gasteiger partial charge in [0.1, 0.15) is 11.6 Å². The van der Waals surface area contributed by atoms with Crippen LogP contribution in [0.15, 0.2) is 36.5 Å². The Morgan fingerprint density at radius 1 is 1.12 bits per heavy atom. The van der Waals surface area contributed by atoms with Gasteiger partial charge in [0, 0.05) is 5.56 Å². The van der Waals surface area contributed by atoms with Gasteiger partial charge in [0.15, 0.2) is 23.0 Å². The molecule has 4 aromatic rings. The third-order valence-electron chi connectivity index (χ3n) is 5.14. The van der Waals surface area contributed by atoms with Crippen LogP contribution >= 0.6 is 23.2 Å². The highest BCUT2D eigenvalue weighted by atomic mass is 35.5. The van der Waals surface area contributed by atoms with Gasteiger partial charge in [-0.25, -0.2) is 0 Å². The van der Waals surface area contributed by atoms with E-state index in [1.807, 2.05) is 0 Å². The van der Waals surface area contributed by atoms with Crippen LogP contribution < -0.4 is 19.5 Å². The molecule has 0 atom stereocenters. The smallest absolute Gasteiger partial charge is 0.230 e. The summed E-state index contributed by atoms with van der Waals surface area (Å²) in [5.41, 5.74) is 2.55. The number of H-pyrrole nitrogens is 1. The summed E-state index contributed by atoms with van der Waals surface area (Å²) in [6.45, 7) is 0. The lowest BCUT2D eigenvalue weighted by Gasteiger charge is -2.14. The van der Waals surface area contributed by atoms with Crippen molar-refractivity contribution < 1.29 is 19.0 Å². The Balaban J connectivity index is 1.79. The number of nitriles is 1. The number of hydrogen-bond donors (Lipinski definition) is 2. The second-order valence-electron chi connectivity index (χ2n) is 7.17. The number of nitrogens with one attached hydrogen (secondary N) is 2. The van der Waals surface area contributed by atoms with E-state index in [1.165, 1.54) is 32.0 Å². The fraction of sp³-hybridized carbons (Fsp3) is 0.174. The minimum atomic E-state index is -0.318. The Kier molecular flexibility index (Phi) is 6.54. The van der Waals surface area contributed by atoms with Crippen molar-refractivity contribution in [1.82, 2.24) is 14.6 Å². The number of aromatic amines is 1. The lowest BCUT2D eigenvalue weighted by atomic mass is 10.1. The van der Waals surface area contributed by atoms with E-state index in [4.69, 9.17) is 37.4 Å². The van der Waals surface area contributed by atoms with Crippen LogP contribution in [0.1, 0.15) is 11.1 Å². The molecule has 0 spiro atoms. The van der Waals surface area contributed by atoms with Crippen molar-refractivity contribution >= 4 is 40.6 Å². The normalized spacial score (nSPS) is 10.7. The molecule has 2 aromatic heterocycles. The zero-order valence-electron chi connectivity index (χ0n) is 18.4. The van der Waals surface area contributed by atoms with Crippen LogP contribution in [0.4, 0.5) is 5.82 Å². The Morgan fingerprint density at radius 2 is 1.82 bits per heavy atom. The van der Waals surface area contributed by atoms with Gasteiger partial charge in [0.2, 0.25) is 11.7 Å². The van der Waals surface area contributed by atoms with Gasteiger partial charge in [0.05, 0.1) is 49.7 Å². The van der Waals surface area contributed by atoms with Gasteiger partial charge in [-0.1, -0.05) is 29.3 Å². The summed E-state index contributed by atoms with van der Waals surface area (Å²) in [5, 5.41) is 17.4. The highest BCUT2D eigenvalue weighted by Crippen LogP contribution is 2.42. The molecule has 4 rings (SSSR count). The molecule has 0 saturated carbocycles. The van der Waals surface area contributed by atoms with E-state index in [1.54, 1.807) is 30.3 Å². The number of halogens is 2. The largest absolute Gasteiger partial charge is 0.493 e. The molecule has 0 aliphatic carbocycles. The molecule has 0 fully saturated rings. The van der Waals surface area contributed by atoms with Crippen LogP contribution in [0, 0.1) is 11.3 Å². The zero-order chi connectivity index (χ0) is 24.4. The molecule has 11 heteroatoms. The van der Waals surface area contributed by atoms with E-state index in [2.05, 4.69) is 21.5 Å². The van der Waals surface area contributed by atoms with Gasteiger partial charge in [-0.15, -0.1) is 0 Å². The number of aromatic nitrogens is 3. The van der Waals surface area contributed by atoms with Crippen molar-refractivity contribution in [2.75, 3.05) is 26.6 Å². The van der Waals surface area contributed by atoms with Crippen molar-refractivity contribution in [3.63, 3.8) is 0 Å². The van der Waals surface area contributed by atoms with Crippen molar-refractivity contribution in [2.24, 2.45) is 0 Å². The van der Waals surface area contributed by atoms with Crippen molar-refractivity contribution in [3.8, 4) is 34.6 Å². The standard InChI is InChI=1S/C23H19Cl2N5O4/c1-32-17-8-13(9-18(33-2)21(17)34-3)20-23(30-22(29-20)14(10-26)11-27-30)28-19(31)7-12-4-5-15(24)16(25)6-12/h4-6,8-9,11,29H,7H2,1-3H3,(H,28,31). The predicted molar refractivity (Wildman–Crippen MR) is 128 cm³/mol. The number of fused-ring (bicyclic) bond motifs is 1. The summed E-state index contributed by atoms with van der Waals surface area (Å²) >= 11 is 12.0. The number of nitrogens with zero attached hydrogens (tertiary/aromatic N) is 3. The van der Waals surface area contributed by atoms with Crippen LogP contribution in [-0.4, -0.2) is 41.8 Å². The first-order valence-corrected chi connectivity index (χ1v) is 10.7. The van der Waals surface area contributed by atoms with Crippen LogP contribution in [0.3, 0.4) is 0 Å². The SMILES string of the molecule is COc1cc(-c2[nH]c3c(C#N)cnn3c2NC(=O)Cc2ccc(Cl)c(Cl)c2)cc(OC)c1OC. The summed E-state index contributed by atoms with van der Waals surface area (Å²) in [6, 6.07) is 10.5. The molecular formula is C23H19Cl2N5O4. The summed E-state index contributed by atoms with van der Waals surface area (Å²) < 4.78 is 17.8. The van der Waals surface area contributed by atoms with Crippen molar-refractivity contribution in [3.05, 3.63) is 57.7 Å². The zero-order valence-corrected chi connectivity index (χ0v) is 19.9. The van der Waals surface area contributed by atoms with E-state index in [0.717, 1.165) is 0 Å². The molecule has 0 bridgehead atoms. The molecule has 2 heterocycles. The Labute approximate surface area is 204 Å². The predicted octanol–water partition coefficient (Wildman–Crippen LogP) is 4.71. The maximum absolute atomic E-state index is 12.9. The topological polar surface area (TPSA) is 114 Å². The fourth-order valence-electron chi connectivity index (χ4n) is 3.56. The lowest BCUT2D eigenvalue weighted by Crippen LogP contribution is -2.16. The van der Waals surface area contributed by atoms with E-state index < -0.39 is 0 Å². The average Bonchev–Trinajstić information content (AvgIpc) is 3.40. The molecule has 2 N–H and O–H groups in total. The molecule has 34 heavy (non-hydrogen) atoms. The van der Waals surface area contributed by atoms with Gasteiger partial charge in [0.25, 0.3) is 0 Å². The van der Waals surface area contributed by atoms with Gasteiger partial charge >= 0.3 is 0 Å². The average molecular weight is 500 g/mol. The quantitative estimate of drug-likeness (QED) is 0.380. The maximum Gasteiger partial charge on any atom is 0.230 e. The Morgan fingerprint density at radius 3 is 2.41 bits per heavy atom. The van der Waals surface area contributed by atoms with E-state index in [9.17, 15) is 10.1 Å². The number of imidazole rings is 1. The number of carbonyl (C=O) groups excluding carboxylic acids is 1. The number of methoxy groups -OCH3 is 3. The van der Waals surface area contributed by atoms with Crippen LogP contribution in [-0.2, 0) is 11.2 Å². The fourth-order valence-corrected chi connectivity index (χ4v) is 3.89. The first kappa shape index (κ1) is 23.3. The molecule has 0 aliphatic heterocycles. The Hall–Kier alpha value is -3.87. The number of anilines is 1. The number of rotatable bonds is 7. The van der Waals surface area contributed by atoms with Crippen molar-refractivity contribution in [1.29, 1.82) is 5.26 Å². The number of carbonyl (C=O) groups is 1. The second kappa shape index (κ2) is 9.55. The van der Waals surface area contributed by atoms with Crippen LogP contribution in [0.25, 0.3) is 16.9 Å². The number of ether oxygens (including phenoxy) is 3. The third-order valence-corrected chi connectivity index (χ3v) is 5.88. The molecule has 1 amide bonds. The summed E-state index contributed by atoms with van der Waals surface area (Å²) in [7, 11) is 4.53. The van der Waals surface area contributed by atoms with Gasteiger partial charge < -0.3 is 24.5 Å².